The average Bonchev–Trinajstić information content (AvgIpc) is 2.30. The highest BCUT2D eigenvalue weighted by atomic mass is 79.9. The molecule has 0 unspecified atom stereocenters. The zero-order valence-electron chi connectivity index (χ0n) is 9.38. The van der Waals surface area contributed by atoms with Crippen molar-refractivity contribution in [1.29, 1.82) is 0 Å². The molecule has 0 amide bonds. The second kappa shape index (κ2) is 6.08. The highest BCUT2D eigenvalue weighted by Crippen LogP contribution is 2.34. The van der Waals surface area contributed by atoms with E-state index in [-0.39, 0.29) is 0 Å². The SMILES string of the molecule is Nc1ccccc1CNc1c(Br)cc(Br)cc1Br. The first kappa shape index (κ1) is 13.9. The van der Waals surface area contributed by atoms with E-state index in [1.54, 1.807) is 0 Å². The Bertz CT molecular complexity index is 547. The van der Waals surface area contributed by atoms with E-state index in [1.165, 1.54) is 0 Å². The number of benzene rings is 2. The number of halogens is 3. The fourth-order valence-corrected chi connectivity index (χ4v) is 4.13. The number of nitrogen functional groups attached to an aromatic ring is 1. The Morgan fingerprint density at radius 3 is 2.22 bits per heavy atom. The minimum Gasteiger partial charge on any atom is -0.398 e. The molecule has 0 saturated carbocycles. The fourth-order valence-electron chi connectivity index (χ4n) is 1.59. The van der Waals surface area contributed by atoms with Crippen molar-refractivity contribution in [2.45, 2.75) is 6.54 Å². The average molecular weight is 435 g/mol. The van der Waals surface area contributed by atoms with Crippen LogP contribution in [0.3, 0.4) is 0 Å². The Balaban J connectivity index is 2.19. The van der Waals surface area contributed by atoms with Gasteiger partial charge in [-0.05, 0) is 55.6 Å². The third-order valence-corrected chi connectivity index (χ3v) is 4.23. The van der Waals surface area contributed by atoms with Crippen LogP contribution < -0.4 is 11.1 Å². The normalized spacial score (nSPS) is 10.4. The lowest BCUT2D eigenvalue weighted by Gasteiger charge is -2.12. The first-order chi connectivity index (χ1) is 8.58. The van der Waals surface area contributed by atoms with Gasteiger partial charge in [-0.2, -0.15) is 0 Å². The van der Waals surface area contributed by atoms with Gasteiger partial charge in [-0.25, -0.2) is 0 Å². The van der Waals surface area contributed by atoms with Crippen LogP contribution >= 0.6 is 47.8 Å². The van der Waals surface area contributed by atoms with E-state index in [0.29, 0.717) is 6.54 Å². The Morgan fingerprint density at radius 1 is 1.00 bits per heavy atom. The molecule has 2 rings (SSSR count). The molecule has 0 saturated heterocycles. The predicted molar refractivity (Wildman–Crippen MR) is 87.7 cm³/mol. The van der Waals surface area contributed by atoms with Crippen LogP contribution in [-0.4, -0.2) is 0 Å². The molecule has 0 bridgehead atoms. The number of hydrogen-bond donors (Lipinski definition) is 2. The zero-order chi connectivity index (χ0) is 13.1. The summed E-state index contributed by atoms with van der Waals surface area (Å²) in [6.45, 7) is 0.686. The summed E-state index contributed by atoms with van der Waals surface area (Å²) in [6.07, 6.45) is 0. The second-order valence-corrected chi connectivity index (χ2v) is 6.42. The smallest absolute Gasteiger partial charge is 0.0632 e. The summed E-state index contributed by atoms with van der Waals surface area (Å²) in [7, 11) is 0. The van der Waals surface area contributed by atoms with E-state index >= 15 is 0 Å². The molecule has 0 fully saturated rings. The number of nitrogens with two attached hydrogens (primary N) is 1. The van der Waals surface area contributed by atoms with Gasteiger partial charge in [0.05, 0.1) is 5.69 Å². The van der Waals surface area contributed by atoms with Crippen LogP contribution in [0.5, 0.6) is 0 Å². The zero-order valence-corrected chi connectivity index (χ0v) is 14.1. The molecule has 0 spiro atoms. The first-order valence-corrected chi connectivity index (χ1v) is 7.67. The van der Waals surface area contributed by atoms with E-state index in [9.17, 15) is 0 Å². The van der Waals surface area contributed by atoms with Crippen LogP contribution in [-0.2, 0) is 6.54 Å². The summed E-state index contributed by atoms with van der Waals surface area (Å²) < 4.78 is 3.02. The molecule has 0 aliphatic heterocycles. The maximum absolute atomic E-state index is 5.91. The maximum Gasteiger partial charge on any atom is 0.0632 e. The van der Waals surface area contributed by atoms with Crippen molar-refractivity contribution in [3.8, 4) is 0 Å². The molecule has 0 radical (unpaired) electrons. The number of rotatable bonds is 3. The van der Waals surface area contributed by atoms with Crippen LogP contribution in [0.2, 0.25) is 0 Å². The van der Waals surface area contributed by atoms with Crippen molar-refractivity contribution < 1.29 is 0 Å². The molecule has 0 aromatic heterocycles. The van der Waals surface area contributed by atoms with Gasteiger partial charge in [0.25, 0.3) is 0 Å². The molecule has 0 aliphatic carbocycles. The first-order valence-electron chi connectivity index (χ1n) is 5.29. The topological polar surface area (TPSA) is 38.0 Å². The van der Waals surface area contributed by atoms with E-state index in [0.717, 1.165) is 30.4 Å². The second-order valence-electron chi connectivity index (χ2n) is 3.80. The van der Waals surface area contributed by atoms with Gasteiger partial charge in [-0.1, -0.05) is 34.1 Å². The minimum absolute atomic E-state index is 0.686. The van der Waals surface area contributed by atoms with Crippen LogP contribution in [0, 0.1) is 0 Å². The van der Waals surface area contributed by atoms with Crippen molar-refractivity contribution in [3.05, 3.63) is 55.4 Å². The lowest BCUT2D eigenvalue weighted by molar-refractivity contribution is 1.14. The number of para-hydroxylation sites is 1. The molecule has 94 valence electrons. The van der Waals surface area contributed by atoms with Gasteiger partial charge in [0, 0.05) is 25.7 Å². The van der Waals surface area contributed by atoms with Crippen molar-refractivity contribution in [2.24, 2.45) is 0 Å². The molecule has 18 heavy (non-hydrogen) atoms. The van der Waals surface area contributed by atoms with Crippen molar-refractivity contribution >= 4 is 59.2 Å². The fraction of sp³-hybridized carbons (Fsp3) is 0.0769. The molecular formula is C13H11Br3N2. The summed E-state index contributed by atoms with van der Waals surface area (Å²) in [5.41, 5.74) is 8.81. The van der Waals surface area contributed by atoms with Gasteiger partial charge < -0.3 is 11.1 Å². The molecule has 0 atom stereocenters. The monoisotopic (exact) mass is 432 g/mol. The van der Waals surface area contributed by atoms with Gasteiger partial charge in [0.15, 0.2) is 0 Å². The van der Waals surface area contributed by atoms with Gasteiger partial charge in [0.1, 0.15) is 0 Å². The van der Waals surface area contributed by atoms with Crippen LogP contribution in [0.1, 0.15) is 5.56 Å². The Kier molecular flexibility index (Phi) is 4.70. The molecule has 2 aromatic carbocycles. The van der Waals surface area contributed by atoms with Crippen molar-refractivity contribution in [1.82, 2.24) is 0 Å². The lowest BCUT2D eigenvalue weighted by Crippen LogP contribution is -2.03. The van der Waals surface area contributed by atoms with Crippen LogP contribution in [0.15, 0.2) is 49.8 Å². The van der Waals surface area contributed by atoms with E-state index in [4.69, 9.17) is 5.73 Å². The highest BCUT2D eigenvalue weighted by Gasteiger charge is 2.07. The number of hydrogen-bond acceptors (Lipinski definition) is 2. The largest absolute Gasteiger partial charge is 0.398 e. The molecule has 5 heteroatoms. The van der Waals surface area contributed by atoms with Crippen LogP contribution in [0.25, 0.3) is 0 Å². The molecule has 2 nitrogen and oxygen atoms in total. The van der Waals surface area contributed by atoms with Gasteiger partial charge in [0.2, 0.25) is 0 Å². The van der Waals surface area contributed by atoms with Crippen LogP contribution in [0.4, 0.5) is 11.4 Å². The third-order valence-electron chi connectivity index (χ3n) is 2.52. The van der Waals surface area contributed by atoms with E-state index < -0.39 is 0 Å². The summed E-state index contributed by atoms with van der Waals surface area (Å²) in [6, 6.07) is 11.8. The Morgan fingerprint density at radius 2 is 1.61 bits per heavy atom. The maximum atomic E-state index is 5.91. The Hall–Kier alpha value is -0.520. The van der Waals surface area contributed by atoms with Gasteiger partial charge in [-0.15, -0.1) is 0 Å². The standard InChI is InChI=1S/C13H11Br3N2/c14-9-5-10(15)13(11(16)6-9)18-7-8-3-1-2-4-12(8)17/h1-6,18H,7,17H2. The summed E-state index contributed by atoms with van der Waals surface area (Å²) in [5.74, 6) is 0. The van der Waals surface area contributed by atoms with Gasteiger partial charge >= 0.3 is 0 Å². The molecule has 2 aromatic rings. The predicted octanol–water partition coefficient (Wildman–Crippen LogP) is 5.17. The van der Waals surface area contributed by atoms with Crippen molar-refractivity contribution in [2.75, 3.05) is 11.1 Å². The number of anilines is 2. The molecule has 3 N–H and O–H groups in total. The molecule has 0 aliphatic rings. The van der Waals surface area contributed by atoms with Crippen molar-refractivity contribution in [3.63, 3.8) is 0 Å². The molecule has 0 heterocycles. The lowest BCUT2D eigenvalue weighted by atomic mass is 10.2. The summed E-state index contributed by atoms with van der Waals surface area (Å²) >= 11 is 10.5. The number of nitrogens with one attached hydrogen (secondary N) is 1. The third kappa shape index (κ3) is 3.28. The summed E-state index contributed by atoms with van der Waals surface area (Å²) in [5, 5.41) is 3.37. The Labute approximate surface area is 131 Å². The van der Waals surface area contributed by atoms with Gasteiger partial charge in [-0.3, -0.25) is 0 Å². The van der Waals surface area contributed by atoms with E-state index in [1.807, 2.05) is 36.4 Å². The molecular weight excluding hydrogens is 424 g/mol. The van der Waals surface area contributed by atoms with E-state index in [2.05, 4.69) is 53.1 Å². The summed E-state index contributed by atoms with van der Waals surface area (Å²) in [4.78, 5) is 0. The highest BCUT2D eigenvalue weighted by molar-refractivity contribution is 9.11. The quantitative estimate of drug-likeness (QED) is 0.654. The minimum atomic E-state index is 0.686.